The van der Waals surface area contributed by atoms with E-state index in [2.05, 4.69) is 13.8 Å². The topological polar surface area (TPSA) is 63.6 Å². The lowest BCUT2D eigenvalue weighted by molar-refractivity contribution is -0.165. The van der Waals surface area contributed by atoms with Crippen LogP contribution in [-0.4, -0.2) is 22.6 Å². The van der Waals surface area contributed by atoms with Crippen molar-refractivity contribution in [1.82, 2.24) is 0 Å². The van der Waals surface area contributed by atoms with Crippen molar-refractivity contribution in [3.63, 3.8) is 0 Å². The second-order valence-corrected chi connectivity index (χ2v) is 8.02. The normalized spacial score (nSPS) is 22.8. The molecule has 4 heteroatoms. The van der Waals surface area contributed by atoms with Gasteiger partial charge in [0, 0.05) is 0 Å². The predicted octanol–water partition coefficient (Wildman–Crippen LogP) is 5.20. The van der Waals surface area contributed by atoms with Crippen LogP contribution in [0.4, 0.5) is 0 Å². The standard InChI is InChI=1S/C20H36O4/c1-5-7-8-15(6-2)13-14-20(3,4)24-19(23)17-11-9-16(10-12-17)18(21)22/h15-17H,5-14H2,1-4H3,(H,21,22). The Morgan fingerprint density at radius 1 is 1.08 bits per heavy atom. The molecule has 1 atom stereocenters. The van der Waals surface area contributed by atoms with Crippen LogP contribution in [0.2, 0.25) is 0 Å². The lowest BCUT2D eigenvalue weighted by atomic mass is 9.82. The van der Waals surface area contributed by atoms with Crippen LogP contribution in [0.25, 0.3) is 0 Å². The smallest absolute Gasteiger partial charge is 0.309 e. The van der Waals surface area contributed by atoms with Gasteiger partial charge in [-0.25, -0.2) is 0 Å². The molecule has 0 amide bonds. The molecular formula is C20H36O4. The van der Waals surface area contributed by atoms with Gasteiger partial charge in [-0.2, -0.15) is 0 Å². The fourth-order valence-corrected chi connectivity index (χ4v) is 3.58. The van der Waals surface area contributed by atoms with Crippen LogP contribution in [0.15, 0.2) is 0 Å². The Morgan fingerprint density at radius 2 is 1.67 bits per heavy atom. The van der Waals surface area contributed by atoms with E-state index < -0.39 is 11.6 Å². The molecule has 1 rings (SSSR count). The van der Waals surface area contributed by atoms with Gasteiger partial charge < -0.3 is 9.84 Å². The maximum atomic E-state index is 12.4. The highest BCUT2D eigenvalue weighted by Crippen LogP contribution is 2.32. The van der Waals surface area contributed by atoms with Gasteiger partial charge in [-0.05, 0) is 58.3 Å². The number of carboxylic acid groups (broad SMARTS) is 1. The molecule has 4 nitrogen and oxygen atoms in total. The van der Waals surface area contributed by atoms with Gasteiger partial charge in [0.1, 0.15) is 5.60 Å². The summed E-state index contributed by atoms with van der Waals surface area (Å²) in [5.41, 5.74) is -0.430. The summed E-state index contributed by atoms with van der Waals surface area (Å²) in [5, 5.41) is 9.04. The minimum atomic E-state index is -0.736. The zero-order chi connectivity index (χ0) is 18.2. The minimum absolute atomic E-state index is 0.123. The van der Waals surface area contributed by atoms with Crippen molar-refractivity contribution in [2.75, 3.05) is 0 Å². The van der Waals surface area contributed by atoms with E-state index in [1.807, 2.05) is 13.8 Å². The van der Waals surface area contributed by atoms with E-state index in [0.29, 0.717) is 31.6 Å². The van der Waals surface area contributed by atoms with Crippen molar-refractivity contribution < 1.29 is 19.4 Å². The number of aliphatic carboxylic acids is 1. The van der Waals surface area contributed by atoms with E-state index in [1.165, 1.54) is 25.7 Å². The first-order valence-electron chi connectivity index (χ1n) is 9.74. The van der Waals surface area contributed by atoms with Crippen molar-refractivity contribution in [3.05, 3.63) is 0 Å². The maximum absolute atomic E-state index is 12.4. The molecule has 0 radical (unpaired) electrons. The van der Waals surface area contributed by atoms with Crippen molar-refractivity contribution in [1.29, 1.82) is 0 Å². The highest BCUT2D eigenvalue weighted by molar-refractivity contribution is 5.74. The first kappa shape index (κ1) is 21.0. The Balaban J connectivity index is 2.40. The van der Waals surface area contributed by atoms with Crippen LogP contribution in [-0.2, 0) is 14.3 Å². The van der Waals surface area contributed by atoms with E-state index in [1.54, 1.807) is 0 Å². The summed E-state index contributed by atoms with van der Waals surface area (Å²) in [4.78, 5) is 23.4. The number of rotatable bonds is 10. The third kappa shape index (κ3) is 7.23. The minimum Gasteiger partial charge on any atom is -0.481 e. The van der Waals surface area contributed by atoms with Gasteiger partial charge in [0.2, 0.25) is 0 Å². The Labute approximate surface area is 147 Å². The molecule has 140 valence electrons. The van der Waals surface area contributed by atoms with Gasteiger partial charge >= 0.3 is 11.9 Å². The molecule has 0 saturated heterocycles. The molecule has 1 aliphatic carbocycles. The zero-order valence-corrected chi connectivity index (χ0v) is 16.0. The number of hydrogen-bond acceptors (Lipinski definition) is 3. The highest BCUT2D eigenvalue weighted by Gasteiger charge is 2.33. The molecule has 1 fully saturated rings. The second-order valence-electron chi connectivity index (χ2n) is 8.02. The van der Waals surface area contributed by atoms with E-state index in [-0.39, 0.29) is 17.8 Å². The van der Waals surface area contributed by atoms with E-state index in [0.717, 1.165) is 12.8 Å². The molecule has 0 spiro atoms. The second kappa shape index (κ2) is 10.0. The summed E-state index contributed by atoms with van der Waals surface area (Å²) in [7, 11) is 0. The van der Waals surface area contributed by atoms with Crippen molar-refractivity contribution in [2.45, 2.75) is 97.5 Å². The number of carbonyl (C=O) groups is 2. The molecule has 0 aromatic rings. The lowest BCUT2D eigenvalue weighted by Crippen LogP contribution is -2.34. The Hall–Kier alpha value is -1.06. The van der Waals surface area contributed by atoms with Gasteiger partial charge in [-0.3, -0.25) is 9.59 Å². The molecule has 0 heterocycles. The van der Waals surface area contributed by atoms with Crippen molar-refractivity contribution in [2.24, 2.45) is 17.8 Å². The number of carboxylic acids is 1. The molecule has 1 saturated carbocycles. The summed E-state index contributed by atoms with van der Waals surface area (Å²) >= 11 is 0. The van der Waals surface area contributed by atoms with Gasteiger partial charge in [-0.15, -0.1) is 0 Å². The molecule has 0 aromatic carbocycles. The van der Waals surface area contributed by atoms with Gasteiger partial charge in [-0.1, -0.05) is 39.5 Å². The molecule has 0 bridgehead atoms. The fraction of sp³-hybridized carbons (Fsp3) is 0.900. The average molecular weight is 341 g/mol. The number of ether oxygens (including phenoxy) is 1. The van der Waals surface area contributed by atoms with E-state index >= 15 is 0 Å². The Kier molecular flexibility index (Phi) is 8.79. The van der Waals surface area contributed by atoms with Gasteiger partial charge in [0.25, 0.3) is 0 Å². The molecule has 1 N–H and O–H groups in total. The van der Waals surface area contributed by atoms with Crippen molar-refractivity contribution >= 4 is 11.9 Å². The number of carbonyl (C=O) groups excluding carboxylic acids is 1. The number of hydrogen-bond donors (Lipinski definition) is 1. The predicted molar refractivity (Wildman–Crippen MR) is 95.8 cm³/mol. The Morgan fingerprint density at radius 3 is 2.17 bits per heavy atom. The third-order valence-corrected chi connectivity index (χ3v) is 5.48. The van der Waals surface area contributed by atoms with Gasteiger partial charge in [0.15, 0.2) is 0 Å². The SMILES string of the molecule is CCCCC(CC)CCC(C)(C)OC(=O)C1CCC(C(=O)O)CC1. The monoisotopic (exact) mass is 340 g/mol. The van der Waals surface area contributed by atoms with Crippen LogP contribution in [0, 0.1) is 17.8 Å². The summed E-state index contributed by atoms with van der Waals surface area (Å²) in [5.74, 6) is -0.563. The van der Waals surface area contributed by atoms with Crippen molar-refractivity contribution in [3.8, 4) is 0 Å². The van der Waals surface area contributed by atoms with Crippen LogP contribution in [0.5, 0.6) is 0 Å². The molecule has 1 unspecified atom stereocenters. The number of esters is 1. The summed E-state index contributed by atoms with van der Waals surface area (Å²) in [6.07, 6.45) is 9.39. The van der Waals surface area contributed by atoms with Gasteiger partial charge in [0.05, 0.1) is 11.8 Å². The maximum Gasteiger partial charge on any atom is 0.309 e. The van der Waals surface area contributed by atoms with Crippen LogP contribution >= 0.6 is 0 Å². The van der Waals surface area contributed by atoms with E-state index in [9.17, 15) is 9.59 Å². The third-order valence-electron chi connectivity index (χ3n) is 5.48. The lowest BCUT2D eigenvalue weighted by Gasteiger charge is -2.31. The molecule has 0 aliphatic heterocycles. The zero-order valence-electron chi connectivity index (χ0n) is 16.0. The van der Waals surface area contributed by atoms with E-state index in [4.69, 9.17) is 9.84 Å². The van der Waals surface area contributed by atoms with Crippen LogP contribution in [0.3, 0.4) is 0 Å². The summed E-state index contributed by atoms with van der Waals surface area (Å²) in [6.45, 7) is 8.46. The summed E-state index contributed by atoms with van der Waals surface area (Å²) < 4.78 is 5.79. The molecule has 0 aromatic heterocycles. The quantitative estimate of drug-likeness (QED) is 0.555. The average Bonchev–Trinajstić information content (AvgIpc) is 2.54. The molecule has 24 heavy (non-hydrogen) atoms. The Bertz CT molecular complexity index is 394. The number of unbranched alkanes of at least 4 members (excludes halogenated alkanes) is 1. The largest absolute Gasteiger partial charge is 0.481 e. The first-order chi connectivity index (χ1) is 11.3. The first-order valence-corrected chi connectivity index (χ1v) is 9.74. The fourth-order valence-electron chi connectivity index (χ4n) is 3.58. The molecule has 1 aliphatic rings. The van der Waals surface area contributed by atoms with Crippen LogP contribution < -0.4 is 0 Å². The van der Waals surface area contributed by atoms with Crippen LogP contribution in [0.1, 0.15) is 91.9 Å². The highest BCUT2D eigenvalue weighted by atomic mass is 16.6. The summed E-state index contributed by atoms with van der Waals surface area (Å²) in [6, 6.07) is 0. The molecular weight excluding hydrogens is 304 g/mol.